The van der Waals surface area contributed by atoms with Gasteiger partial charge in [-0.25, -0.2) is 0 Å². The summed E-state index contributed by atoms with van der Waals surface area (Å²) >= 11 is 0. The molecular weight excluding hydrogens is 132 g/mol. The largest absolute Gasteiger partial charge is 0.320 e. The van der Waals surface area contributed by atoms with Crippen molar-refractivity contribution in [2.75, 3.05) is 0 Å². The van der Waals surface area contributed by atoms with Crippen LogP contribution in [0.4, 0.5) is 0 Å². The first-order chi connectivity index (χ1) is 4.19. The van der Waals surface area contributed by atoms with Crippen LogP contribution >= 0.6 is 0 Å². The number of nitro groups is 1. The molecule has 0 bridgehead atoms. The second kappa shape index (κ2) is 2.20. The monoisotopic (exact) mass is 146 g/mol. The maximum Gasteiger partial charge on any atom is 0.233 e. The first-order valence-electron chi connectivity index (χ1n) is 3.13. The fourth-order valence-corrected chi connectivity index (χ4v) is 0.235. The van der Waals surface area contributed by atoms with Crippen LogP contribution in [0.1, 0.15) is 27.7 Å². The molecule has 0 heterocycles. The van der Waals surface area contributed by atoms with Gasteiger partial charge in [-0.1, -0.05) is 0 Å². The zero-order valence-electron chi connectivity index (χ0n) is 6.84. The summed E-state index contributed by atoms with van der Waals surface area (Å²) in [4.78, 5) is 10.0. The van der Waals surface area contributed by atoms with E-state index in [9.17, 15) is 10.1 Å². The third kappa shape index (κ3) is 1.44. The number of rotatable bonds is 2. The Morgan fingerprint density at radius 1 is 1.30 bits per heavy atom. The molecule has 0 aromatic heterocycles. The maximum atomic E-state index is 10.4. The molecule has 4 nitrogen and oxygen atoms in total. The van der Waals surface area contributed by atoms with Gasteiger partial charge in [-0.3, -0.25) is 10.1 Å². The van der Waals surface area contributed by atoms with Gasteiger partial charge in [0.2, 0.25) is 5.54 Å². The molecule has 2 N–H and O–H groups in total. The summed E-state index contributed by atoms with van der Waals surface area (Å²) in [6, 6.07) is 0. The number of nitrogens with two attached hydrogens (primary N) is 1. The van der Waals surface area contributed by atoms with Crippen molar-refractivity contribution in [1.82, 2.24) is 0 Å². The molecule has 0 saturated carbocycles. The van der Waals surface area contributed by atoms with E-state index in [0.717, 1.165) is 0 Å². The molecule has 0 rings (SSSR count). The van der Waals surface area contributed by atoms with Crippen LogP contribution in [-0.4, -0.2) is 16.0 Å². The van der Waals surface area contributed by atoms with Gasteiger partial charge in [-0.15, -0.1) is 0 Å². The lowest BCUT2D eigenvalue weighted by Crippen LogP contribution is -2.57. The van der Waals surface area contributed by atoms with Crippen LogP contribution in [0.3, 0.4) is 0 Å². The van der Waals surface area contributed by atoms with Gasteiger partial charge in [0.15, 0.2) is 0 Å². The second-order valence-corrected chi connectivity index (χ2v) is 3.54. The van der Waals surface area contributed by atoms with Crippen LogP contribution in [0.2, 0.25) is 0 Å². The Morgan fingerprint density at radius 2 is 1.60 bits per heavy atom. The Labute approximate surface area is 60.6 Å². The van der Waals surface area contributed by atoms with Crippen molar-refractivity contribution in [3.05, 3.63) is 10.1 Å². The van der Waals surface area contributed by atoms with E-state index in [0.29, 0.717) is 0 Å². The topological polar surface area (TPSA) is 69.2 Å². The molecule has 0 aromatic carbocycles. The average Bonchev–Trinajstić information content (AvgIpc) is 1.62. The minimum Gasteiger partial charge on any atom is -0.320 e. The predicted octanol–water partition coefficient (Wildman–Crippen LogP) is 0.779. The Kier molecular flexibility index (Phi) is 2.06. The smallest absolute Gasteiger partial charge is 0.233 e. The van der Waals surface area contributed by atoms with Crippen LogP contribution in [-0.2, 0) is 0 Å². The molecule has 0 aliphatic heterocycles. The molecule has 0 aromatic rings. The van der Waals surface area contributed by atoms with Crippen molar-refractivity contribution in [2.24, 2.45) is 5.73 Å². The third-order valence-corrected chi connectivity index (χ3v) is 2.03. The SMILES string of the molecule is CC(C)(N)C(C)(C)[N+](=O)[O-]. The molecule has 0 spiro atoms. The van der Waals surface area contributed by atoms with E-state index >= 15 is 0 Å². The van der Waals surface area contributed by atoms with Crippen molar-refractivity contribution >= 4 is 0 Å². The van der Waals surface area contributed by atoms with Crippen molar-refractivity contribution in [3.8, 4) is 0 Å². The Morgan fingerprint density at radius 3 is 1.60 bits per heavy atom. The van der Waals surface area contributed by atoms with Crippen molar-refractivity contribution < 1.29 is 4.92 Å². The van der Waals surface area contributed by atoms with Crippen molar-refractivity contribution in [2.45, 2.75) is 38.8 Å². The van der Waals surface area contributed by atoms with Crippen LogP contribution in [0.25, 0.3) is 0 Å². The molecule has 0 radical (unpaired) electrons. The highest BCUT2D eigenvalue weighted by molar-refractivity contribution is 4.90. The molecule has 0 saturated heterocycles. The van der Waals surface area contributed by atoms with E-state index in [1.807, 2.05) is 0 Å². The third-order valence-electron chi connectivity index (χ3n) is 2.03. The fraction of sp³-hybridized carbons (Fsp3) is 1.00. The maximum absolute atomic E-state index is 10.4. The number of nitrogens with zero attached hydrogens (tertiary/aromatic N) is 1. The van der Waals surface area contributed by atoms with Crippen LogP contribution in [0.15, 0.2) is 0 Å². The van der Waals surface area contributed by atoms with Gasteiger partial charge < -0.3 is 5.73 Å². The van der Waals surface area contributed by atoms with Gasteiger partial charge in [0.05, 0.1) is 5.54 Å². The van der Waals surface area contributed by atoms with Gasteiger partial charge >= 0.3 is 0 Å². The lowest BCUT2D eigenvalue weighted by Gasteiger charge is -2.29. The van der Waals surface area contributed by atoms with Crippen LogP contribution in [0.5, 0.6) is 0 Å². The number of hydrogen-bond acceptors (Lipinski definition) is 3. The zero-order valence-corrected chi connectivity index (χ0v) is 6.84. The highest BCUT2D eigenvalue weighted by Crippen LogP contribution is 2.20. The predicted molar refractivity (Wildman–Crippen MR) is 39.3 cm³/mol. The van der Waals surface area contributed by atoms with E-state index in [1.165, 1.54) is 13.8 Å². The summed E-state index contributed by atoms with van der Waals surface area (Å²) < 4.78 is 0. The van der Waals surface area contributed by atoms with Crippen LogP contribution < -0.4 is 5.73 Å². The molecule has 10 heavy (non-hydrogen) atoms. The summed E-state index contributed by atoms with van der Waals surface area (Å²) in [6.07, 6.45) is 0. The molecular formula is C6H14N2O2. The molecule has 0 unspecified atom stereocenters. The van der Waals surface area contributed by atoms with Crippen molar-refractivity contribution in [1.29, 1.82) is 0 Å². The van der Waals surface area contributed by atoms with E-state index in [1.54, 1.807) is 13.8 Å². The van der Waals surface area contributed by atoms with Gasteiger partial charge in [0, 0.05) is 18.8 Å². The van der Waals surface area contributed by atoms with E-state index in [-0.39, 0.29) is 4.92 Å². The van der Waals surface area contributed by atoms with E-state index in [4.69, 9.17) is 5.73 Å². The van der Waals surface area contributed by atoms with Gasteiger partial charge in [0.25, 0.3) is 0 Å². The second-order valence-electron chi connectivity index (χ2n) is 3.54. The quantitative estimate of drug-likeness (QED) is 0.462. The summed E-state index contributed by atoms with van der Waals surface area (Å²) in [5, 5.41) is 10.4. The minimum atomic E-state index is -1.06. The van der Waals surface area contributed by atoms with Gasteiger partial charge in [0.1, 0.15) is 0 Å². The first kappa shape index (κ1) is 9.36. The fourth-order valence-electron chi connectivity index (χ4n) is 0.235. The molecule has 0 fully saturated rings. The van der Waals surface area contributed by atoms with E-state index < -0.39 is 11.1 Å². The molecule has 0 amide bonds. The summed E-state index contributed by atoms with van der Waals surface area (Å²) in [5.41, 5.74) is 3.73. The summed E-state index contributed by atoms with van der Waals surface area (Å²) in [5.74, 6) is 0. The number of hydrogen-bond donors (Lipinski definition) is 1. The summed E-state index contributed by atoms with van der Waals surface area (Å²) in [6.45, 7) is 6.34. The Hall–Kier alpha value is -0.640. The lowest BCUT2D eigenvalue weighted by atomic mass is 9.84. The van der Waals surface area contributed by atoms with Gasteiger partial charge in [-0.2, -0.15) is 0 Å². The Bertz CT molecular complexity index is 146. The van der Waals surface area contributed by atoms with E-state index in [2.05, 4.69) is 0 Å². The minimum absolute atomic E-state index is 0.354. The van der Waals surface area contributed by atoms with Crippen LogP contribution in [0, 0.1) is 10.1 Å². The molecule has 4 heteroatoms. The average molecular weight is 146 g/mol. The highest BCUT2D eigenvalue weighted by atomic mass is 16.6. The van der Waals surface area contributed by atoms with Gasteiger partial charge in [-0.05, 0) is 13.8 Å². The Balaban J connectivity index is 4.57. The molecule has 0 aliphatic carbocycles. The summed E-state index contributed by atoms with van der Waals surface area (Å²) in [7, 11) is 0. The molecule has 0 aliphatic rings. The molecule has 60 valence electrons. The normalized spacial score (nSPS) is 13.3. The van der Waals surface area contributed by atoms with Crippen molar-refractivity contribution in [3.63, 3.8) is 0 Å². The highest BCUT2D eigenvalue weighted by Gasteiger charge is 2.44. The zero-order chi connectivity index (χ0) is 8.58. The lowest BCUT2D eigenvalue weighted by molar-refractivity contribution is -0.571. The molecule has 0 atom stereocenters. The standard InChI is InChI=1S/C6H14N2O2/c1-5(2,7)6(3,4)8(9)10/h7H2,1-4H3. The first-order valence-corrected chi connectivity index (χ1v) is 3.13.